The molecule has 0 aliphatic carbocycles. The molecule has 0 aliphatic rings. The monoisotopic (exact) mass is 198 g/mol. The molecule has 1 atom stereocenters. The van der Waals surface area contributed by atoms with Crippen LogP contribution < -0.4 is 5.32 Å². The zero-order chi connectivity index (χ0) is 10.8. The van der Waals surface area contributed by atoms with E-state index in [2.05, 4.69) is 10.3 Å². The summed E-state index contributed by atoms with van der Waals surface area (Å²) in [6.07, 6.45) is -0.549. The molecule has 0 amide bonds. The van der Waals surface area contributed by atoms with E-state index in [1.165, 1.54) is 6.07 Å². The molecular weight excluding hydrogens is 183 g/mol. The summed E-state index contributed by atoms with van der Waals surface area (Å²) < 4.78 is 12.7. The van der Waals surface area contributed by atoms with E-state index < -0.39 is 17.6 Å². The van der Waals surface area contributed by atoms with Crippen molar-refractivity contribution in [3.05, 3.63) is 24.1 Å². The van der Waals surface area contributed by atoms with Crippen molar-refractivity contribution in [1.29, 1.82) is 0 Å². The second kappa shape index (κ2) is 3.92. The second-order valence-corrected chi connectivity index (χ2v) is 3.87. The van der Waals surface area contributed by atoms with Gasteiger partial charge in [-0.2, -0.15) is 4.39 Å². The minimum atomic E-state index is -0.549. The molecule has 0 aromatic carbocycles. The summed E-state index contributed by atoms with van der Waals surface area (Å²) in [5.41, 5.74) is -0.527. The van der Waals surface area contributed by atoms with E-state index in [1.54, 1.807) is 19.1 Å². The van der Waals surface area contributed by atoms with Gasteiger partial charge in [0.2, 0.25) is 5.95 Å². The van der Waals surface area contributed by atoms with Crippen LogP contribution >= 0.6 is 0 Å². The van der Waals surface area contributed by atoms with Gasteiger partial charge < -0.3 is 10.4 Å². The third-order valence-corrected chi connectivity index (χ3v) is 2.21. The summed E-state index contributed by atoms with van der Waals surface area (Å²) in [7, 11) is 0. The summed E-state index contributed by atoms with van der Waals surface area (Å²) in [6, 6.07) is 4.51. The van der Waals surface area contributed by atoms with E-state index in [0.717, 1.165) is 0 Å². The molecule has 0 aliphatic heterocycles. The van der Waals surface area contributed by atoms with Gasteiger partial charge in [-0.25, -0.2) is 4.98 Å². The molecule has 0 spiro atoms. The minimum absolute atomic E-state index is 0.427. The highest BCUT2D eigenvalue weighted by atomic mass is 19.1. The van der Waals surface area contributed by atoms with Crippen molar-refractivity contribution in [1.82, 2.24) is 4.98 Å². The van der Waals surface area contributed by atoms with E-state index in [0.29, 0.717) is 5.82 Å². The topological polar surface area (TPSA) is 45.1 Å². The van der Waals surface area contributed by atoms with Gasteiger partial charge in [0.15, 0.2) is 0 Å². The summed E-state index contributed by atoms with van der Waals surface area (Å²) >= 11 is 0. The lowest BCUT2D eigenvalue weighted by Crippen LogP contribution is -2.42. The van der Waals surface area contributed by atoms with Crippen LogP contribution in [0, 0.1) is 5.95 Å². The van der Waals surface area contributed by atoms with Crippen molar-refractivity contribution < 1.29 is 9.50 Å². The normalized spacial score (nSPS) is 13.8. The van der Waals surface area contributed by atoms with Gasteiger partial charge in [-0.05, 0) is 32.9 Å². The lowest BCUT2D eigenvalue weighted by molar-refractivity contribution is 0.133. The summed E-state index contributed by atoms with van der Waals surface area (Å²) in [6.45, 7) is 5.32. The summed E-state index contributed by atoms with van der Waals surface area (Å²) in [4.78, 5) is 3.65. The first-order valence-corrected chi connectivity index (χ1v) is 4.50. The first-order valence-electron chi connectivity index (χ1n) is 4.50. The fourth-order valence-electron chi connectivity index (χ4n) is 0.912. The molecule has 1 aromatic rings. The summed E-state index contributed by atoms with van der Waals surface area (Å²) in [5.74, 6) is -0.104. The molecule has 78 valence electrons. The molecule has 0 saturated heterocycles. The van der Waals surface area contributed by atoms with Crippen molar-refractivity contribution in [2.75, 3.05) is 5.32 Å². The fraction of sp³-hybridized carbons (Fsp3) is 0.500. The van der Waals surface area contributed by atoms with Crippen LogP contribution in [-0.2, 0) is 0 Å². The Bertz CT molecular complexity index is 313. The third-order valence-electron chi connectivity index (χ3n) is 2.21. The maximum atomic E-state index is 12.7. The quantitative estimate of drug-likeness (QED) is 0.728. The average molecular weight is 198 g/mol. The third kappa shape index (κ3) is 2.67. The largest absolute Gasteiger partial charge is 0.391 e. The smallest absolute Gasteiger partial charge is 0.214 e. The lowest BCUT2D eigenvalue weighted by Gasteiger charge is -2.29. The molecule has 1 heterocycles. The molecule has 1 rings (SSSR count). The van der Waals surface area contributed by atoms with E-state index >= 15 is 0 Å². The van der Waals surface area contributed by atoms with Crippen LogP contribution in [0.3, 0.4) is 0 Å². The van der Waals surface area contributed by atoms with E-state index in [9.17, 15) is 9.50 Å². The van der Waals surface area contributed by atoms with Crippen molar-refractivity contribution in [3.63, 3.8) is 0 Å². The molecule has 0 saturated carbocycles. The van der Waals surface area contributed by atoms with Crippen molar-refractivity contribution in [2.24, 2.45) is 0 Å². The minimum Gasteiger partial charge on any atom is -0.391 e. The molecular formula is C10H15FN2O. The van der Waals surface area contributed by atoms with E-state index in [1.807, 2.05) is 13.8 Å². The molecule has 0 radical (unpaired) electrons. The van der Waals surface area contributed by atoms with E-state index in [4.69, 9.17) is 0 Å². The zero-order valence-electron chi connectivity index (χ0n) is 8.58. The molecule has 0 fully saturated rings. The van der Waals surface area contributed by atoms with Crippen LogP contribution in [0.1, 0.15) is 20.8 Å². The average Bonchev–Trinajstić information content (AvgIpc) is 2.02. The van der Waals surface area contributed by atoms with E-state index in [-0.39, 0.29) is 0 Å². The van der Waals surface area contributed by atoms with Gasteiger partial charge in [-0.1, -0.05) is 6.07 Å². The SMILES string of the molecule is CC(O)C(C)(C)Nc1cccc(F)n1. The molecule has 1 aromatic heterocycles. The Kier molecular flexibility index (Phi) is 3.06. The number of nitrogens with zero attached hydrogens (tertiary/aromatic N) is 1. The number of pyridine rings is 1. The zero-order valence-corrected chi connectivity index (χ0v) is 8.58. The molecule has 3 nitrogen and oxygen atoms in total. The molecule has 2 N–H and O–H groups in total. The number of anilines is 1. The number of halogens is 1. The Balaban J connectivity index is 2.78. The predicted molar refractivity (Wildman–Crippen MR) is 53.6 cm³/mol. The molecule has 0 bridgehead atoms. The first-order chi connectivity index (χ1) is 6.42. The molecule has 1 unspecified atom stereocenters. The Morgan fingerprint density at radius 1 is 1.50 bits per heavy atom. The maximum Gasteiger partial charge on any atom is 0.214 e. The van der Waals surface area contributed by atoms with Gasteiger partial charge in [0.25, 0.3) is 0 Å². The first kappa shape index (κ1) is 10.9. The molecule has 14 heavy (non-hydrogen) atoms. The van der Waals surface area contributed by atoms with Crippen LogP contribution in [0.5, 0.6) is 0 Å². The standard InChI is InChI=1S/C10H15FN2O/c1-7(14)10(2,3)13-9-6-4-5-8(11)12-9/h4-7,14H,1-3H3,(H,12,13). The van der Waals surface area contributed by atoms with Crippen LogP contribution in [0.2, 0.25) is 0 Å². The van der Waals surface area contributed by atoms with Gasteiger partial charge in [0.05, 0.1) is 11.6 Å². The predicted octanol–water partition coefficient (Wildman–Crippen LogP) is 1.79. The van der Waals surface area contributed by atoms with Crippen molar-refractivity contribution in [3.8, 4) is 0 Å². The number of nitrogens with one attached hydrogen (secondary N) is 1. The second-order valence-electron chi connectivity index (χ2n) is 3.87. The lowest BCUT2D eigenvalue weighted by atomic mass is 9.99. The van der Waals surface area contributed by atoms with Crippen molar-refractivity contribution in [2.45, 2.75) is 32.4 Å². The number of aliphatic hydroxyl groups excluding tert-OH is 1. The Hall–Kier alpha value is -1.16. The van der Waals surface area contributed by atoms with Gasteiger partial charge >= 0.3 is 0 Å². The molecule has 4 heteroatoms. The summed E-state index contributed by atoms with van der Waals surface area (Å²) in [5, 5.41) is 12.4. The van der Waals surface area contributed by atoms with Gasteiger partial charge in [0.1, 0.15) is 5.82 Å². The number of hydrogen-bond donors (Lipinski definition) is 2. The fourth-order valence-corrected chi connectivity index (χ4v) is 0.912. The van der Waals surface area contributed by atoms with Gasteiger partial charge in [0, 0.05) is 0 Å². The van der Waals surface area contributed by atoms with Crippen LogP contribution in [-0.4, -0.2) is 21.7 Å². The highest BCUT2D eigenvalue weighted by Crippen LogP contribution is 2.16. The number of aromatic nitrogens is 1. The highest BCUT2D eigenvalue weighted by molar-refractivity contribution is 5.37. The number of hydrogen-bond acceptors (Lipinski definition) is 3. The van der Waals surface area contributed by atoms with Gasteiger partial charge in [-0.15, -0.1) is 0 Å². The Morgan fingerprint density at radius 3 is 2.64 bits per heavy atom. The number of rotatable bonds is 3. The van der Waals surface area contributed by atoms with Crippen molar-refractivity contribution >= 4 is 5.82 Å². The van der Waals surface area contributed by atoms with Crippen LogP contribution in [0.15, 0.2) is 18.2 Å². The van der Waals surface area contributed by atoms with Crippen LogP contribution in [0.4, 0.5) is 10.2 Å². The van der Waals surface area contributed by atoms with Crippen LogP contribution in [0.25, 0.3) is 0 Å². The maximum absolute atomic E-state index is 12.7. The Labute approximate surface area is 83.0 Å². The highest BCUT2D eigenvalue weighted by Gasteiger charge is 2.23. The number of aliphatic hydroxyl groups is 1. The van der Waals surface area contributed by atoms with Gasteiger partial charge in [-0.3, -0.25) is 0 Å². The Morgan fingerprint density at radius 2 is 2.14 bits per heavy atom.